The van der Waals surface area contributed by atoms with Crippen LogP contribution in [0.1, 0.15) is 44.7 Å². The highest BCUT2D eigenvalue weighted by Gasteiger charge is 2.16. The molecule has 0 amide bonds. The van der Waals surface area contributed by atoms with Crippen molar-refractivity contribution in [3.05, 3.63) is 71.0 Å². The molecule has 8 heteroatoms. The van der Waals surface area contributed by atoms with Crippen molar-refractivity contribution in [1.82, 2.24) is 9.13 Å². The van der Waals surface area contributed by atoms with Crippen LogP contribution >= 0.6 is 0 Å². The average molecular weight is 469 g/mol. The van der Waals surface area contributed by atoms with Gasteiger partial charge in [-0.05, 0) is 37.8 Å². The van der Waals surface area contributed by atoms with E-state index < -0.39 is 18.6 Å². The molecule has 0 spiro atoms. The summed E-state index contributed by atoms with van der Waals surface area (Å²) in [6.07, 6.45) is 4.26. The normalized spacial score (nSPS) is 10.9. The Labute approximate surface area is 196 Å². The lowest BCUT2D eigenvalue weighted by molar-refractivity contribution is 0.0688. The van der Waals surface area contributed by atoms with Gasteiger partial charge in [-0.3, -0.25) is 4.39 Å². The smallest absolute Gasteiger partial charge is 0.337 e. The molecule has 0 saturated carbocycles. The van der Waals surface area contributed by atoms with Crippen LogP contribution in [0.25, 0.3) is 21.8 Å². The summed E-state index contributed by atoms with van der Waals surface area (Å²) < 4.78 is 15.9. The van der Waals surface area contributed by atoms with Crippen molar-refractivity contribution in [2.24, 2.45) is 0 Å². The SMILES string of the molecule is Cc1cccc2c(C(=O)O)cn(CCCF)c12.Cc1cccc2c(C(=O)O)cn(CCCO)c12. The quantitative estimate of drug-likeness (QED) is 0.336. The Bertz CT molecular complexity index is 1220. The van der Waals surface area contributed by atoms with Gasteiger partial charge >= 0.3 is 11.9 Å². The number of aromatic nitrogens is 2. The van der Waals surface area contributed by atoms with E-state index in [1.807, 2.05) is 53.3 Å². The number of carbonyl (C=O) groups is 2. The second-order valence-electron chi connectivity index (χ2n) is 8.14. The first-order valence-electron chi connectivity index (χ1n) is 11.1. The molecule has 0 aliphatic heterocycles. The van der Waals surface area contributed by atoms with Gasteiger partial charge in [-0.1, -0.05) is 36.4 Å². The van der Waals surface area contributed by atoms with Crippen molar-refractivity contribution in [3.63, 3.8) is 0 Å². The van der Waals surface area contributed by atoms with Gasteiger partial charge in [0.2, 0.25) is 0 Å². The lowest BCUT2D eigenvalue weighted by Crippen LogP contribution is -1.99. The van der Waals surface area contributed by atoms with E-state index in [0.717, 1.165) is 32.9 Å². The number of alkyl halides is 1. The summed E-state index contributed by atoms with van der Waals surface area (Å²) in [6, 6.07) is 11.2. The van der Waals surface area contributed by atoms with Crippen molar-refractivity contribution in [3.8, 4) is 0 Å². The number of rotatable bonds is 8. The molecule has 2 aromatic carbocycles. The summed E-state index contributed by atoms with van der Waals surface area (Å²) in [6.45, 7) is 4.74. The van der Waals surface area contributed by atoms with Gasteiger partial charge in [0, 0.05) is 42.9 Å². The number of para-hydroxylation sites is 2. The van der Waals surface area contributed by atoms with Gasteiger partial charge in [0.05, 0.1) is 28.8 Å². The lowest BCUT2D eigenvalue weighted by atomic mass is 10.1. The number of aliphatic hydroxyl groups excluding tert-OH is 1. The minimum absolute atomic E-state index is 0.105. The standard InChI is InChI=1S/C13H14FNO2.C13H15NO3/c1-9-4-2-5-10-11(13(16)17)8-15(12(9)10)7-3-6-14;1-9-4-2-5-10-11(13(16)17)8-14(12(9)10)6-3-7-15/h2,4-5,8H,3,6-7H2,1H3,(H,16,17);2,4-5,8,15H,3,6-7H2,1H3,(H,16,17). The largest absolute Gasteiger partial charge is 0.478 e. The second-order valence-corrected chi connectivity index (χ2v) is 8.14. The number of aliphatic hydroxyl groups is 1. The fraction of sp³-hybridized carbons (Fsp3) is 0.308. The third-order valence-corrected chi connectivity index (χ3v) is 5.75. The molecule has 4 aromatic rings. The van der Waals surface area contributed by atoms with E-state index in [1.165, 1.54) is 0 Å². The number of halogens is 1. The second kappa shape index (κ2) is 11.0. The molecule has 0 aliphatic carbocycles. The van der Waals surface area contributed by atoms with Crippen molar-refractivity contribution in [1.29, 1.82) is 0 Å². The highest BCUT2D eigenvalue weighted by molar-refractivity contribution is 6.05. The van der Waals surface area contributed by atoms with Crippen LogP contribution in [0.5, 0.6) is 0 Å². The maximum absolute atomic E-state index is 12.2. The fourth-order valence-electron chi connectivity index (χ4n) is 4.26. The van der Waals surface area contributed by atoms with E-state index in [9.17, 15) is 14.0 Å². The van der Waals surface area contributed by atoms with Crippen LogP contribution in [0, 0.1) is 13.8 Å². The predicted molar refractivity (Wildman–Crippen MR) is 130 cm³/mol. The topological polar surface area (TPSA) is 105 Å². The number of carboxylic acids is 2. The van der Waals surface area contributed by atoms with E-state index in [4.69, 9.17) is 15.3 Å². The molecule has 0 atom stereocenters. The summed E-state index contributed by atoms with van der Waals surface area (Å²) in [7, 11) is 0. The molecule has 3 N–H and O–H groups in total. The molecule has 2 aromatic heterocycles. The maximum atomic E-state index is 12.2. The van der Waals surface area contributed by atoms with Crippen molar-refractivity contribution in [2.45, 2.75) is 39.8 Å². The molecular formula is C26H29FN2O5. The first-order chi connectivity index (χ1) is 16.3. The molecule has 180 valence electrons. The predicted octanol–water partition coefficient (Wildman–Crippen LogP) is 5.04. The van der Waals surface area contributed by atoms with Crippen LogP contribution in [0.2, 0.25) is 0 Å². The van der Waals surface area contributed by atoms with Gasteiger partial charge in [-0.25, -0.2) is 9.59 Å². The molecule has 0 aliphatic rings. The van der Waals surface area contributed by atoms with E-state index in [1.54, 1.807) is 18.5 Å². The van der Waals surface area contributed by atoms with E-state index in [0.29, 0.717) is 31.5 Å². The minimum atomic E-state index is -0.945. The lowest BCUT2D eigenvalue weighted by Gasteiger charge is -2.05. The first-order valence-corrected chi connectivity index (χ1v) is 11.1. The summed E-state index contributed by atoms with van der Waals surface area (Å²) in [5.41, 5.74) is 4.49. The Morgan fingerprint density at radius 3 is 1.62 bits per heavy atom. The van der Waals surface area contributed by atoms with Gasteiger partial charge in [-0.15, -0.1) is 0 Å². The molecular weight excluding hydrogens is 439 g/mol. The van der Waals surface area contributed by atoms with Crippen LogP contribution < -0.4 is 0 Å². The number of carboxylic acid groups (broad SMARTS) is 2. The molecule has 0 fully saturated rings. The van der Waals surface area contributed by atoms with Gasteiger partial charge in [0.25, 0.3) is 0 Å². The molecule has 0 saturated heterocycles. The number of nitrogens with zero attached hydrogens (tertiary/aromatic N) is 2. The summed E-state index contributed by atoms with van der Waals surface area (Å²) in [5.74, 6) is -1.86. The highest BCUT2D eigenvalue weighted by Crippen LogP contribution is 2.26. The third kappa shape index (κ3) is 5.12. The van der Waals surface area contributed by atoms with Gasteiger partial charge < -0.3 is 24.5 Å². The average Bonchev–Trinajstić information content (AvgIpc) is 3.37. The monoisotopic (exact) mass is 468 g/mol. The molecule has 34 heavy (non-hydrogen) atoms. The number of aryl methyl sites for hydroxylation is 4. The van der Waals surface area contributed by atoms with Crippen molar-refractivity contribution in [2.75, 3.05) is 13.3 Å². The number of fused-ring (bicyclic) bond motifs is 2. The Kier molecular flexibility index (Phi) is 8.07. The van der Waals surface area contributed by atoms with Crippen LogP contribution in [-0.4, -0.2) is 49.7 Å². The molecule has 2 heterocycles. The van der Waals surface area contributed by atoms with E-state index in [2.05, 4.69) is 0 Å². The van der Waals surface area contributed by atoms with Gasteiger partial charge in [0.15, 0.2) is 0 Å². The zero-order chi connectivity index (χ0) is 24.8. The van der Waals surface area contributed by atoms with Crippen molar-refractivity contribution < 1.29 is 29.3 Å². The fourth-order valence-corrected chi connectivity index (χ4v) is 4.26. The molecule has 0 bridgehead atoms. The van der Waals surface area contributed by atoms with E-state index in [-0.39, 0.29) is 12.2 Å². The summed E-state index contributed by atoms with van der Waals surface area (Å²) in [4.78, 5) is 22.3. The Morgan fingerprint density at radius 2 is 1.24 bits per heavy atom. The number of hydrogen-bond acceptors (Lipinski definition) is 3. The maximum Gasteiger partial charge on any atom is 0.337 e. The number of hydrogen-bond donors (Lipinski definition) is 3. The summed E-state index contributed by atoms with van der Waals surface area (Å²) >= 11 is 0. The van der Waals surface area contributed by atoms with Crippen LogP contribution in [0.4, 0.5) is 4.39 Å². The first kappa shape index (κ1) is 25.0. The minimum Gasteiger partial charge on any atom is -0.478 e. The molecule has 7 nitrogen and oxygen atoms in total. The Balaban J connectivity index is 0.000000191. The van der Waals surface area contributed by atoms with Gasteiger partial charge in [-0.2, -0.15) is 0 Å². The van der Waals surface area contributed by atoms with Crippen LogP contribution in [-0.2, 0) is 13.1 Å². The highest BCUT2D eigenvalue weighted by atomic mass is 19.1. The zero-order valence-corrected chi connectivity index (χ0v) is 19.3. The Hall–Kier alpha value is -3.65. The number of aromatic carboxylic acids is 2. The van der Waals surface area contributed by atoms with Crippen LogP contribution in [0.3, 0.4) is 0 Å². The molecule has 0 radical (unpaired) electrons. The third-order valence-electron chi connectivity index (χ3n) is 5.75. The Morgan fingerprint density at radius 1 is 0.794 bits per heavy atom. The van der Waals surface area contributed by atoms with E-state index >= 15 is 0 Å². The molecule has 0 unspecified atom stereocenters. The van der Waals surface area contributed by atoms with Crippen LogP contribution in [0.15, 0.2) is 48.8 Å². The summed E-state index contributed by atoms with van der Waals surface area (Å²) in [5, 5.41) is 28.6. The van der Waals surface area contributed by atoms with Crippen molar-refractivity contribution >= 4 is 33.7 Å². The molecule has 4 rings (SSSR count). The van der Waals surface area contributed by atoms with Gasteiger partial charge in [0.1, 0.15) is 0 Å². The zero-order valence-electron chi connectivity index (χ0n) is 19.3. The number of benzene rings is 2.